The number of para-hydroxylation sites is 1. The first kappa shape index (κ1) is 12.3. The second-order valence-corrected chi connectivity index (χ2v) is 5.10. The third-order valence-corrected chi connectivity index (χ3v) is 3.97. The molecule has 1 aromatic rings. The van der Waals surface area contributed by atoms with Crippen molar-refractivity contribution in [2.75, 3.05) is 18.1 Å². The zero-order chi connectivity index (χ0) is 12.3. The van der Waals surface area contributed by atoms with Crippen LogP contribution in [0, 0.1) is 0 Å². The van der Waals surface area contributed by atoms with Crippen LogP contribution in [0.5, 0.6) is 5.75 Å². The van der Waals surface area contributed by atoms with Crippen LogP contribution in [0.15, 0.2) is 24.3 Å². The second kappa shape index (κ2) is 5.42. The minimum atomic E-state index is -0.944. The molecule has 0 saturated carbocycles. The van der Waals surface area contributed by atoms with Crippen molar-refractivity contribution in [2.45, 2.75) is 12.0 Å². The van der Waals surface area contributed by atoms with Gasteiger partial charge in [-0.05, 0) is 6.07 Å². The quantitative estimate of drug-likeness (QED) is 0.827. The molecular weight excluding hydrogens is 238 g/mol. The van der Waals surface area contributed by atoms with Gasteiger partial charge in [-0.2, -0.15) is 11.8 Å². The molecule has 1 unspecified atom stereocenters. The van der Waals surface area contributed by atoms with Gasteiger partial charge in [0.05, 0.1) is 6.61 Å². The molecule has 1 aliphatic heterocycles. The number of carbonyl (C=O) groups is 1. The van der Waals surface area contributed by atoms with Crippen molar-refractivity contribution in [1.82, 2.24) is 0 Å². The lowest BCUT2D eigenvalue weighted by atomic mass is 10.0. The Morgan fingerprint density at radius 3 is 3.12 bits per heavy atom. The molecule has 0 fully saturated rings. The molecule has 3 N–H and O–H groups in total. The molecule has 1 aromatic carbocycles. The summed E-state index contributed by atoms with van der Waals surface area (Å²) in [6, 6.07) is 7.19. The number of fused-ring (bicyclic) bond motifs is 1. The Bertz CT molecular complexity index is 410. The Balaban J connectivity index is 1.84. The maximum Gasteiger partial charge on any atom is 0.321 e. The van der Waals surface area contributed by atoms with Crippen molar-refractivity contribution in [2.24, 2.45) is 5.73 Å². The SMILES string of the molecule is N[C@H](CSCC1COc2ccccc21)C(=O)O. The van der Waals surface area contributed by atoms with E-state index in [0.717, 1.165) is 11.5 Å². The van der Waals surface area contributed by atoms with Gasteiger partial charge in [0.25, 0.3) is 0 Å². The average molecular weight is 253 g/mol. The van der Waals surface area contributed by atoms with Crippen molar-refractivity contribution >= 4 is 17.7 Å². The van der Waals surface area contributed by atoms with Crippen LogP contribution in [-0.2, 0) is 4.79 Å². The van der Waals surface area contributed by atoms with Crippen LogP contribution >= 0.6 is 11.8 Å². The number of carboxylic acids is 1. The highest BCUT2D eigenvalue weighted by molar-refractivity contribution is 7.99. The maximum absolute atomic E-state index is 10.6. The van der Waals surface area contributed by atoms with Crippen LogP contribution in [-0.4, -0.2) is 35.2 Å². The van der Waals surface area contributed by atoms with Crippen LogP contribution < -0.4 is 10.5 Å². The van der Waals surface area contributed by atoms with Gasteiger partial charge in [0.2, 0.25) is 0 Å². The molecule has 1 aliphatic rings. The minimum Gasteiger partial charge on any atom is -0.493 e. The molecule has 2 atom stereocenters. The number of hydrogen-bond donors (Lipinski definition) is 2. The predicted octanol–water partition coefficient (Wildman–Crippen LogP) is 1.31. The molecule has 2 rings (SSSR count). The van der Waals surface area contributed by atoms with Crippen molar-refractivity contribution in [3.63, 3.8) is 0 Å². The van der Waals surface area contributed by atoms with Crippen LogP contribution in [0.1, 0.15) is 11.5 Å². The van der Waals surface area contributed by atoms with Gasteiger partial charge in [0, 0.05) is 23.0 Å². The number of hydrogen-bond acceptors (Lipinski definition) is 4. The molecule has 1 heterocycles. The third-order valence-electron chi connectivity index (χ3n) is 2.73. The summed E-state index contributed by atoms with van der Waals surface area (Å²) in [5.74, 6) is 1.63. The monoisotopic (exact) mass is 253 g/mol. The molecule has 92 valence electrons. The molecule has 0 aliphatic carbocycles. The van der Waals surface area contributed by atoms with Gasteiger partial charge in [0.15, 0.2) is 0 Å². The fraction of sp³-hybridized carbons (Fsp3) is 0.417. The van der Waals surface area contributed by atoms with E-state index in [2.05, 4.69) is 6.07 Å². The third kappa shape index (κ3) is 2.92. The molecule has 5 heteroatoms. The van der Waals surface area contributed by atoms with E-state index in [1.807, 2.05) is 18.2 Å². The zero-order valence-corrected chi connectivity index (χ0v) is 10.2. The molecule has 17 heavy (non-hydrogen) atoms. The number of rotatable bonds is 5. The normalized spacial score (nSPS) is 19.5. The molecule has 0 bridgehead atoms. The minimum absolute atomic E-state index is 0.345. The first-order valence-corrected chi connectivity index (χ1v) is 6.62. The summed E-state index contributed by atoms with van der Waals surface area (Å²) in [5.41, 5.74) is 6.66. The standard InChI is InChI=1S/C12H15NO3S/c13-10(12(14)15)7-17-6-8-5-16-11-4-2-1-3-9(8)11/h1-4,8,10H,5-7,13H2,(H,14,15)/t8?,10-/m1/s1. The Hall–Kier alpha value is -1.20. The van der Waals surface area contributed by atoms with E-state index in [9.17, 15) is 4.79 Å². The molecule has 0 amide bonds. The smallest absolute Gasteiger partial charge is 0.321 e. The fourth-order valence-electron chi connectivity index (χ4n) is 1.78. The summed E-state index contributed by atoms with van der Waals surface area (Å²) in [5, 5.41) is 8.67. The molecule has 0 aromatic heterocycles. The van der Waals surface area contributed by atoms with Crippen LogP contribution in [0.25, 0.3) is 0 Å². The maximum atomic E-state index is 10.6. The number of ether oxygens (including phenoxy) is 1. The second-order valence-electron chi connectivity index (χ2n) is 4.03. The lowest BCUT2D eigenvalue weighted by molar-refractivity contribution is -0.137. The average Bonchev–Trinajstić information content (AvgIpc) is 2.72. The number of carboxylic acid groups (broad SMARTS) is 1. The van der Waals surface area contributed by atoms with Crippen molar-refractivity contribution in [1.29, 1.82) is 0 Å². The van der Waals surface area contributed by atoms with Gasteiger partial charge in [-0.15, -0.1) is 0 Å². The highest BCUT2D eigenvalue weighted by atomic mass is 32.2. The predicted molar refractivity (Wildman–Crippen MR) is 67.6 cm³/mol. The van der Waals surface area contributed by atoms with Gasteiger partial charge >= 0.3 is 5.97 Å². The van der Waals surface area contributed by atoms with Crippen molar-refractivity contribution < 1.29 is 14.6 Å². The molecule has 4 nitrogen and oxygen atoms in total. The lowest BCUT2D eigenvalue weighted by Gasteiger charge is -2.10. The number of thioether (sulfide) groups is 1. The Morgan fingerprint density at radius 2 is 2.35 bits per heavy atom. The Morgan fingerprint density at radius 1 is 1.59 bits per heavy atom. The van der Waals surface area contributed by atoms with Crippen LogP contribution in [0.4, 0.5) is 0 Å². The van der Waals surface area contributed by atoms with E-state index in [1.165, 1.54) is 5.56 Å². The van der Waals surface area contributed by atoms with Crippen molar-refractivity contribution in [3.8, 4) is 5.75 Å². The number of nitrogens with two attached hydrogens (primary N) is 1. The topological polar surface area (TPSA) is 72.5 Å². The van der Waals surface area contributed by atoms with Crippen molar-refractivity contribution in [3.05, 3.63) is 29.8 Å². The summed E-state index contributed by atoms with van der Waals surface area (Å²) in [6.07, 6.45) is 0. The summed E-state index contributed by atoms with van der Waals surface area (Å²) in [4.78, 5) is 10.6. The molecule has 0 saturated heterocycles. The number of aliphatic carboxylic acids is 1. The highest BCUT2D eigenvalue weighted by Crippen LogP contribution is 2.35. The number of benzene rings is 1. The first-order chi connectivity index (χ1) is 8.18. The van der Waals surface area contributed by atoms with E-state index >= 15 is 0 Å². The Kier molecular flexibility index (Phi) is 3.91. The van der Waals surface area contributed by atoms with E-state index < -0.39 is 12.0 Å². The van der Waals surface area contributed by atoms with Gasteiger partial charge in [-0.1, -0.05) is 18.2 Å². The molecular formula is C12H15NO3S. The van der Waals surface area contributed by atoms with E-state index in [1.54, 1.807) is 11.8 Å². The Labute approximate surface area is 104 Å². The van der Waals surface area contributed by atoms with E-state index in [-0.39, 0.29) is 0 Å². The van der Waals surface area contributed by atoms with Crippen LogP contribution in [0.2, 0.25) is 0 Å². The fourth-order valence-corrected chi connectivity index (χ4v) is 2.87. The summed E-state index contributed by atoms with van der Waals surface area (Å²) >= 11 is 1.56. The lowest BCUT2D eigenvalue weighted by Crippen LogP contribution is -2.32. The molecule has 0 radical (unpaired) electrons. The van der Waals surface area contributed by atoms with E-state index in [0.29, 0.717) is 18.3 Å². The first-order valence-electron chi connectivity index (χ1n) is 5.46. The van der Waals surface area contributed by atoms with E-state index in [4.69, 9.17) is 15.6 Å². The summed E-state index contributed by atoms with van der Waals surface area (Å²) < 4.78 is 5.56. The van der Waals surface area contributed by atoms with Gasteiger partial charge in [-0.3, -0.25) is 4.79 Å². The van der Waals surface area contributed by atoms with Gasteiger partial charge in [0.1, 0.15) is 11.8 Å². The summed E-state index contributed by atoms with van der Waals surface area (Å²) in [6.45, 7) is 0.675. The van der Waals surface area contributed by atoms with Gasteiger partial charge in [-0.25, -0.2) is 0 Å². The van der Waals surface area contributed by atoms with Crippen LogP contribution in [0.3, 0.4) is 0 Å². The summed E-state index contributed by atoms with van der Waals surface area (Å²) in [7, 11) is 0. The van der Waals surface area contributed by atoms with Gasteiger partial charge < -0.3 is 15.6 Å². The zero-order valence-electron chi connectivity index (χ0n) is 9.33. The highest BCUT2D eigenvalue weighted by Gasteiger charge is 2.23. The molecule has 0 spiro atoms. The largest absolute Gasteiger partial charge is 0.493 e.